The van der Waals surface area contributed by atoms with Gasteiger partial charge in [-0.2, -0.15) is 0 Å². The van der Waals surface area contributed by atoms with E-state index in [1.807, 2.05) is 0 Å². The molecule has 0 radical (unpaired) electrons. The van der Waals surface area contributed by atoms with Gasteiger partial charge >= 0.3 is 0 Å². The van der Waals surface area contributed by atoms with Gasteiger partial charge in [0.25, 0.3) is 0 Å². The number of benzene rings is 1. The van der Waals surface area contributed by atoms with Crippen LogP contribution in [0.3, 0.4) is 0 Å². The van der Waals surface area contributed by atoms with Gasteiger partial charge in [-0.05, 0) is 59.4 Å². The molecule has 0 fully saturated rings. The number of unbranched alkanes of at least 4 members (excludes halogenated alkanes) is 1. The summed E-state index contributed by atoms with van der Waals surface area (Å²) in [6.45, 7) is 3.99. The standard InChI is InChI=1S/C15H22BrNO3/c1-18-7-6-17-5-3-2-4-12-10-13(16)15-14(11-12)19-8-9-20-15/h10-11,17H,2-9H2,1H3. The van der Waals surface area contributed by atoms with Crippen LogP contribution in [0, 0.1) is 0 Å². The first-order valence-electron chi connectivity index (χ1n) is 7.09. The minimum absolute atomic E-state index is 0.623. The van der Waals surface area contributed by atoms with E-state index in [4.69, 9.17) is 14.2 Å². The number of hydrogen-bond acceptors (Lipinski definition) is 4. The van der Waals surface area contributed by atoms with Crippen LogP contribution in [0.15, 0.2) is 16.6 Å². The van der Waals surface area contributed by atoms with Crippen LogP contribution in [0.2, 0.25) is 0 Å². The number of ether oxygens (including phenoxy) is 3. The second kappa shape index (κ2) is 8.49. The molecule has 0 saturated carbocycles. The van der Waals surface area contributed by atoms with E-state index in [2.05, 4.69) is 33.4 Å². The lowest BCUT2D eigenvalue weighted by molar-refractivity contribution is 0.170. The number of aryl methyl sites for hydroxylation is 1. The summed E-state index contributed by atoms with van der Waals surface area (Å²) in [7, 11) is 1.72. The molecule has 20 heavy (non-hydrogen) atoms. The average molecular weight is 344 g/mol. The highest BCUT2D eigenvalue weighted by molar-refractivity contribution is 9.10. The Labute approximate surface area is 128 Å². The second-order valence-electron chi connectivity index (χ2n) is 4.80. The molecule has 1 aromatic rings. The molecule has 1 aliphatic rings. The second-order valence-corrected chi connectivity index (χ2v) is 5.66. The Morgan fingerprint density at radius 1 is 1.20 bits per heavy atom. The lowest BCUT2D eigenvalue weighted by atomic mass is 10.1. The van der Waals surface area contributed by atoms with Gasteiger partial charge in [0.1, 0.15) is 13.2 Å². The van der Waals surface area contributed by atoms with E-state index < -0.39 is 0 Å². The smallest absolute Gasteiger partial charge is 0.175 e. The Balaban J connectivity index is 1.74. The monoisotopic (exact) mass is 343 g/mol. The van der Waals surface area contributed by atoms with E-state index in [0.29, 0.717) is 13.2 Å². The SMILES string of the molecule is COCCNCCCCc1cc(Br)c2c(c1)OCCO2. The molecule has 4 nitrogen and oxygen atoms in total. The molecule has 0 unspecified atom stereocenters. The first-order valence-corrected chi connectivity index (χ1v) is 7.88. The highest BCUT2D eigenvalue weighted by Gasteiger charge is 2.15. The normalized spacial score (nSPS) is 13.5. The van der Waals surface area contributed by atoms with Gasteiger partial charge < -0.3 is 19.5 Å². The fourth-order valence-corrected chi connectivity index (χ4v) is 2.79. The van der Waals surface area contributed by atoms with Crippen molar-refractivity contribution in [1.29, 1.82) is 0 Å². The van der Waals surface area contributed by atoms with E-state index in [9.17, 15) is 0 Å². The van der Waals surface area contributed by atoms with Gasteiger partial charge in [-0.3, -0.25) is 0 Å². The summed E-state index contributed by atoms with van der Waals surface area (Å²) in [5, 5.41) is 3.35. The lowest BCUT2D eigenvalue weighted by Gasteiger charge is -2.20. The fraction of sp³-hybridized carbons (Fsp3) is 0.600. The van der Waals surface area contributed by atoms with Crippen molar-refractivity contribution in [1.82, 2.24) is 5.32 Å². The third-order valence-corrected chi connectivity index (χ3v) is 3.80. The van der Waals surface area contributed by atoms with Crippen molar-refractivity contribution in [3.05, 3.63) is 22.2 Å². The Morgan fingerprint density at radius 2 is 2.05 bits per heavy atom. The van der Waals surface area contributed by atoms with Gasteiger partial charge in [-0.25, -0.2) is 0 Å². The molecule has 0 spiro atoms. The van der Waals surface area contributed by atoms with E-state index in [1.165, 1.54) is 5.56 Å². The van der Waals surface area contributed by atoms with Crippen LogP contribution in [0.25, 0.3) is 0 Å². The summed E-state index contributed by atoms with van der Waals surface area (Å²) in [5.74, 6) is 1.69. The zero-order valence-electron chi connectivity index (χ0n) is 11.9. The Morgan fingerprint density at radius 3 is 2.90 bits per heavy atom. The number of nitrogens with one attached hydrogen (secondary N) is 1. The minimum Gasteiger partial charge on any atom is -0.486 e. The van der Waals surface area contributed by atoms with Gasteiger partial charge in [-0.15, -0.1) is 0 Å². The lowest BCUT2D eigenvalue weighted by Crippen LogP contribution is -2.20. The molecule has 112 valence electrons. The number of fused-ring (bicyclic) bond motifs is 1. The zero-order chi connectivity index (χ0) is 14.2. The summed E-state index contributed by atoms with van der Waals surface area (Å²) < 4.78 is 17.2. The molecule has 0 saturated heterocycles. The van der Waals surface area contributed by atoms with Crippen molar-refractivity contribution in [2.75, 3.05) is 40.0 Å². The van der Waals surface area contributed by atoms with Crippen molar-refractivity contribution in [2.45, 2.75) is 19.3 Å². The van der Waals surface area contributed by atoms with Crippen LogP contribution in [-0.4, -0.2) is 40.0 Å². The van der Waals surface area contributed by atoms with Gasteiger partial charge in [0, 0.05) is 13.7 Å². The van der Waals surface area contributed by atoms with Crippen LogP contribution < -0.4 is 14.8 Å². The maximum Gasteiger partial charge on any atom is 0.175 e. The highest BCUT2D eigenvalue weighted by atomic mass is 79.9. The summed E-state index contributed by atoms with van der Waals surface area (Å²) >= 11 is 3.55. The molecular formula is C15H22BrNO3. The van der Waals surface area contributed by atoms with E-state index in [0.717, 1.165) is 54.9 Å². The van der Waals surface area contributed by atoms with Gasteiger partial charge in [0.05, 0.1) is 11.1 Å². The molecule has 0 aliphatic carbocycles. The third-order valence-electron chi connectivity index (χ3n) is 3.21. The molecule has 1 aliphatic heterocycles. The van der Waals surface area contributed by atoms with E-state index in [1.54, 1.807) is 7.11 Å². The number of hydrogen-bond donors (Lipinski definition) is 1. The van der Waals surface area contributed by atoms with Crippen LogP contribution in [0.1, 0.15) is 18.4 Å². The fourth-order valence-electron chi connectivity index (χ4n) is 2.19. The van der Waals surface area contributed by atoms with Gasteiger partial charge in [0.15, 0.2) is 11.5 Å². The number of methoxy groups -OCH3 is 1. The predicted octanol–water partition coefficient (Wildman–Crippen LogP) is 2.78. The highest BCUT2D eigenvalue weighted by Crippen LogP contribution is 2.38. The number of rotatable bonds is 8. The third kappa shape index (κ3) is 4.65. The Kier molecular flexibility index (Phi) is 6.63. The molecule has 5 heteroatoms. The summed E-state index contributed by atoms with van der Waals surface area (Å²) in [6, 6.07) is 4.23. The predicted molar refractivity (Wildman–Crippen MR) is 82.8 cm³/mol. The number of halogens is 1. The topological polar surface area (TPSA) is 39.7 Å². The van der Waals surface area contributed by atoms with Crippen LogP contribution >= 0.6 is 15.9 Å². The molecule has 0 bridgehead atoms. The maximum absolute atomic E-state index is 5.64. The molecule has 2 rings (SSSR count). The van der Waals surface area contributed by atoms with Crippen LogP contribution in [-0.2, 0) is 11.2 Å². The molecule has 1 N–H and O–H groups in total. The maximum atomic E-state index is 5.64. The van der Waals surface area contributed by atoms with Crippen LogP contribution in [0.5, 0.6) is 11.5 Å². The average Bonchev–Trinajstić information content (AvgIpc) is 2.46. The molecule has 0 amide bonds. The Bertz CT molecular complexity index is 426. The van der Waals surface area contributed by atoms with E-state index in [-0.39, 0.29) is 0 Å². The molecule has 0 aromatic heterocycles. The Hall–Kier alpha value is -0.780. The van der Waals surface area contributed by atoms with Crippen LogP contribution in [0.4, 0.5) is 0 Å². The molecular weight excluding hydrogens is 322 g/mol. The minimum atomic E-state index is 0.623. The summed E-state index contributed by atoms with van der Waals surface area (Å²) in [4.78, 5) is 0. The molecule has 0 atom stereocenters. The molecule has 1 heterocycles. The molecule has 1 aromatic carbocycles. The van der Waals surface area contributed by atoms with Gasteiger partial charge in [-0.1, -0.05) is 0 Å². The van der Waals surface area contributed by atoms with Crippen molar-refractivity contribution in [3.63, 3.8) is 0 Å². The van der Waals surface area contributed by atoms with Crippen molar-refractivity contribution in [3.8, 4) is 11.5 Å². The van der Waals surface area contributed by atoms with Crippen molar-refractivity contribution in [2.24, 2.45) is 0 Å². The summed E-state index contributed by atoms with van der Waals surface area (Å²) in [6.07, 6.45) is 3.38. The first-order chi connectivity index (χ1) is 9.81. The van der Waals surface area contributed by atoms with Crippen molar-refractivity contribution < 1.29 is 14.2 Å². The van der Waals surface area contributed by atoms with Gasteiger partial charge in [0.2, 0.25) is 0 Å². The zero-order valence-corrected chi connectivity index (χ0v) is 13.5. The van der Waals surface area contributed by atoms with E-state index >= 15 is 0 Å². The quantitative estimate of drug-likeness (QED) is 0.736. The van der Waals surface area contributed by atoms with Crippen molar-refractivity contribution >= 4 is 15.9 Å². The first kappa shape index (κ1) is 15.6. The summed E-state index contributed by atoms with van der Waals surface area (Å²) in [5.41, 5.74) is 1.29. The largest absolute Gasteiger partial charge is 0.486 e.